The molecule has 0 saturated heterocycles. The Hall–Kier alpha value is -3.24. The molecule has 1 unspecified atom stereocenters. The molecule has 136 valence electrons. The monoisotopic (exact) mass is 357 g/mol. The third-order valence-corrected chi connectivity index (χ3v) is 3.70. The fraction of sp³-hybridized carbons (Fsp3) is 0.429. The lowest BCUT2D eigenvalue weighted by atomic mass is 9.86. The second kappa shape index (κ2) is 7.11. The number of ether oxygens (including phenoxy) is 4. The van der Waals surface area contributed by atoms with Gasteiger partial charge in [-0.1, -0.05) is 0 Å². The molecule has 0 fully saturated rings. The summed E-state index contributed by atoms with van der Waals surface area (Å²) in [5.41, 5.74) is -5.90. The average Bonchev–Trinajstić information content (AvgIpc) is 2.89. The number of rotatable bonds is 5. The largest absolute Gasteiger partial charge is 0.465 e. The van der Waals surface area contributed by atoms with Crippen LogP contribution in [0, 0.1) is 10.1 Å². The molecule has 0 N–H and O–H groups in total. The molecule has 0 bridgehead atoms. The van der Waals surface area contributed by atoms with Gasteiger partial charge in [0.25, 0.3) is 0 Å². The lowest BCUT2D eigenvalue weighted by Gasteiger charge is -2.21. The van der Waals surface area contributed by atoms with E-state index >= 15 is 0 Å². The highest BCUT2D eigenvalue weighted by Gasteiger charge is 2.68. The zero-order valence-corrected chi connectivity index (χ0v) is 14.0. The van der Waals surface area contributed by atoms with E-state index in [0.717, 1.165) is 35.4 Å². The number of carbonyl (C=O) groups is 4. The van der Waals surface area contributed by atoms with Crippen LogP contribution in [0.5, 0.6) is 0 Å². The first kappa shape index (κ1) is 19.8. The topological polar surface area (TPSA) is 148 Å². The van der Waals surface area contributed by atoms with E-state index in [-0.39, 0.29) is 0 Å². The van der Waals surface area contributed by atoms with Crippen molar-refractivity contribution in [3.63, 3.8) is 0 Å². The van der Waals surface area contributed by atoms with E-state index in [0.29, 0.717) is 0 Å². The van der Waals surface area contributed by atoms with E-state index in [4.69, 9.17) is 0 Å². The molecule has 11 nitrogen and oxygen atoms in total. The van der Waals surface area contributed by atoms with Crippen molar-refractivity contribution < 1.29 is 43.0 Å². The van der Waals surface area contributed by atoms with Gasteiger partial charge in [0.05, 0.1) is 39.6 Å². The van der Waals surface area contributed by atoms with E-state index in [9.17, 15) is 29.3 Å². The Labute approximate surface area is 141 Å². The Morgan fingerprint density at radius 3 is 1.64 bits per heavy atom. The number of nitrogens with zero attached hydrogens (tertiary/aromatic N) is 1. The van der Waals surface area contributed by atoms with Crippen LogP contribution in [-0.4, -0.2) is 62.8 Å². The minimum atomic E-state index is -2.95. The SMILES string of the molecule is COC(=O)C1=C(C)C(C(=O)OC)([N+](=O)[O-])C(C(=O)OC)=C1C(=O)OC. The molecule has 1 aliphatic carbocycles. The summed E-state index contributed by atoms with van der Waals surface area (Å²) in [6, 6.07) is 0. The Kier molecular flexibility index (Phi) is 5.63. The average molecular weight is 357 g/mol. The first-order valence-corrected chi connectivity index (χ1v) is 6.60. The Morgan fingerprint density at radius 2 is 1.28 bits per heavy atom. The highest BCUT2D eigenvalue weighted by atomic mass is 16.6. The second-order valence-corrected chi connectivity index (χ2v) is 4.68. The lowest BCUT2D eigenvalue weighted by Crippen LogP contribution is -2.51. The summed E-state index contributed by atoms with van der Waals surface area (Å²) in [7, 11) is 3.62. The lowest BCUT2D eigenvalue weighted by molar-refractivity contribution is -0.531. The van der Waals surface area contributed by atoms with Crippen molar-refractivity contribution in [1.29, 1.82) is 0 Å². The summed E-state index contributed by atoms with van der Waals surface area (Å²) in [6.07, 6.45) is 0. The van der Waals surface area contributed by atoms with Crippen LogP contribution >= 0.6 is 0 Å². The molecule has 25 heavy (non-hydrogen) atoms. The highest BCUT2D eigenvalue weighted by molar-refractivity contribution is 6.19. The molecule has 1 rings (SSSR count). The van der Waals surface area contributed by atoms with E-state index < -0.39 is 56.6 Å². The predicted molar refractivity (Wildman–Crippen MR) is 77.5 cm³/mol. The van der Waals surface area contributed by atoms with Gasteiger partial charge in [-0.05, 0) is 6.92 Å². The van der Waals surface area contributed by atoms with Crippen LogP contribution < -0.4 is 0 Å². The molecule has 1 aliphatic rings. The van der Waals surface area contributed by atoms with Crippen molar-refractivity contribution in [1.82, 2.24) is 0 Å². The molecule has 0 aromatic carbocycles. The van der Waals surface area contributed by atoms with Gasteiger partial charge in [-0.2, -0.15) is 0 Å². The number of nitro groups is 1. The van der Waals surface area contributed by atoms with Gasteiger partial charge in [0.15, 0.2) is 0 Å². The van der Waals surface area contributed by atoms with Crippen molar-refractivity contribution in [2.45, 2.75) is 12.5 Å². The number of esters is 4. The molecule has 0 heterocycles. The van der Waals surface area contributed by atoms with Crippen LogP contribution in [-0.2, 0) is 38.1 Å². The van der Waals surface area contributed by atoms with Gasteiger partial charge < -0.3 is 18.9 Å². The Bertz CT molecular complexity index is 732. The Balaban J connectivity index is 4.13. The fourth-order valence-electron chi connectivity index (χ4n) is 2.58. The minimum Gasteiger partial charge on any atom is -0.465 e. The van der Waals surface area contributed by atoms with Crippen LogP contribution in [0.2, 0.25) is 0 Å². The van der Waals surface area contributed by atoms with Crippen LogP contribution in [0.4, 0.5) is 0 Å². The van der Waals surface area contributed by atoms with Crippen LogP contribution in [0.15, 0.2) is 22.3 Å². The quantitative estimate of drug-likeness (QED) is 0.268. The van der Waals surface area contributed by atoms with E-state index in [1.165, 1.54) is 0 Å². The predicted octanol–water partition coefficient (Wildman–Crippen LogP) is -0.679. The zero-order chi connectivity index (χ0) is 19.5. The maximum absolute atomic E-state index is 12.3. The first-order valence-electron chi connectivity index (χ1n) is 6.60. The van der Waals surface area contributed by atoms with Gasteiger partial charge in [-0.15, -0.1) is 0 Å². The molecular formula is C14H15NO10. The maximum atomic E-state index is 12.3. The van der Waals surface area contributed by atoms with Crippen LogP contribution in [0.25, 0.3) is 0 Å². The second-order valence-electron chi connectivity index (χ2n) is 4.68. The molecule has 0 aromatic rings. The molecule has 1 atom stereocenters. The summed E-state index contributed by atoms with van der Waals surface area (Å²) in [5, 5.41) is 11.8. The molecule has 0 radical (unpaired) electrons. The van der Waals surface area contributed by atoms with Gasteiger partial charge in [-0.3, -0.25) is 10.1 Å². The third-order valence-electron chi connectivity index (χ3n) is 3.70. The normalized spacial score (nSPS) is 19.4. The van der Waals surface area contributed by atoms with Gasteiger partial charge in [0, 0.05) is 10.5 Å². The fourth-order valence-corrected chi connectivity index (χ4v) is 2.58. The molecule has 11 heteroatoms. The van der Waals surface area contributed by atoms with Crippen LogP contribution in [0.3, 0.4) is 0 Å². The number of hydrogen-bond donors (Lipinski definition) is 0. The molecule has 0 aromatic heterocycles. The van der Waals surface area contributed by atoms with E-state index in [1.54, 1.807) is 0 Å². The number of carbonyl (C=O) groups excluding carboxylic acids is 4. The first-order chi connectivity index (χ1) is 11.7. The number of methoxy groups -OCH3 is 4. The summed E-state index contributed by atoms with van der Waals surface area (Å²) in [5.74, 6) is -5.30. The molecule has 0 amide bonds. The van der Waals surface area contributed by atoms with Gasteiger partial charge in [0.1, 0.15) is 5.57 Å². The van der Waals surface area contributed by atoms with Crippen molar-refractivity contribution >= 4 is 23.9 Å². The third kappa shape index (κ3) is 2.62. The van der Waals surface area contributed by atoms with Gasteiger partial charge in [0.2, 0.25) is 0 Å². The summed E-state index contributed by atoms with van der Waals surface area (Å²) >= 11 is 0. The summed E-state index contributed by atoms with van der Waals surface area (Å²) in [6.45, 7) is 1.03. The Morgan fingerprint density at radius 1 is 0.840 bits per heavy atom. The number of hydrogen-bond acceptors (Lipinski definition) is 10. The standard InChI is InChI=1S/C14H15NO10/c1-6-7(10(16)22-2)8(11(17)23-3)9(12(18)24-4)14(6,15(20)21)13(19)25-5/h1-5H3. The zero-order valence-electron chi connectivity index (χ0n) is 14.0. The summed E-state index contributed by atoms with van der Waals surface area (Å²) < 4.78 is 17.9. The van der Waals surface area contributed by atoms with Gasteiger partial charge in [-0.25, -0.2) is 19.2 Å². The van der Waals surface area contributed by atoms with Crippen molar-refractivity contribution in [2.24, 2.45) is 0 Å². The molecule has 0 aliphatic heterocycles. The van der Waals surface area contributed by atoms with Crippen LogP contribution in [0.1, 0.15) is 6.92 Å². The van der Waals surface area contributed by atoms with Crippen molar-refractivity contribution in [2.75, 3.05) is 28.4 Å². The molecular weight excluding hydrogens is 342 g/mol. The maximum Gasteiger partial charge on any atom is 0.394 e. The smallest absolute Gasteiger partial charge is 0.394 e. The van der Waals surface area contributed by atoms with Gasteiger partial charge >= 0.3 is 29.4 Å². The molecule has 0 saturated carbocycles. The van der Waals surface area contributed by atoms with Crippen molar-refractivity contribution in [3.8, 4) is 0 Å². The van der Waals surface area contributed by atoms with E-state index in [1.807, 2.05) is 0 Å². The highest BCUT2D eigenvalue weighted by Crippen LogP contribution is 2.45. The molecule has 0 spiro atoms. The van der Waals surface area contributed by atoms with Crippen molar-refractivity contribution in [3.05, 3.63) is 32.4 Å². The summed E-state index contributed by atoms with van der Waals surface area (Å²) in [4.78, 5) is 59.4. The minimum absolute atomic E-state index is 0.531. The van der Waals surface area contributed by atoms with E-state index in [2.05, 4.69) is 18.9 Å².